The van der Waals surface area contributed by atoms with E-state index in [0.29, 0.717) is 18.5 Å². The minimum Gasteiger partial charge on any atom is -0.330 e. The molecule has 0 radical (unpaired) electrons. The molecular weight excluding hydrogens is 252 g/mol. The van der Waals surface area contributed by atoms with Gasteiger partial charge in [-0.1, -0.05) is 31.0 Å². The van der Waals surface area contributed by atoms with Crippen molar-refractivity contribution in [1.29, 1.82) is 0 Å². The summed E-state index contributed by atoms with van der Waals surface area (Å²) in [5.41, 5.74) is 7.36. The van der Waals surface area contributed by atoms with Gasteiger partial charge in [0.1, 0.15) is 0 Å². The Hall–Kier alpha value is -1.68. The zero-order valence-corrected chi connectivity index (χ0v) is 11.5. The SMILES string of the molecule is NCC1CCCCC1N1C(=O)Cc2ccccc2C1=O. The lowest BCUT2D eigenvalue weighted by Gasteiger charge is -2.40. The second-order valence-corrected chi connectivity index (χ2v) is 5.75. The van der Waals surface area contributed by atoms with Crippen molar-refractivity contribution in [2.24, 2.45) is 11.7 Å². The van der Waals surface area contributed by atoms with Crippen LogP contribution in [-0.4, -0.2) is 29.3 Å². The Morgan fingerprint density at radius 3 is 2.70 bits per heavy atom. The van der Waals surface area contributed by atoms with Gasteiger partial charge in [-0.05, 0) is 36.9 Å². The van der Waals surface area contributed by atoms with Gasteiger partial charge in [-0.2, -0.15) is 0 Å². The summed E-state index contributed by atoms with van der Waals surface area (Å²) in [6.07, 6.45) is 4.45. The van der Waals surface area contributed by atoms with E-state index < -0.39 is 0 Å². The van der Waals surface area contributed by atoms with Gasteiger partial charge < -0.3 is 5.73 Å². The number of hydrogen-bond donors (Lipinski definition) is 1. The molecule has 3 rings (SSSR count). The number of rotatable bonds is 2. The van der Waals surface area contributed by atoms with Gasteiger partial charge in [0.05, 0.1) is 6.42 Å². The van der Waals surface area contributed by atoms with Crippen LogP contribution in [0.4, 0.5) is 0 Å². The predicted molar refractivity (Wildman–Crippen MR) is 76.1 cm³/mol. The average molecular weight is 272 g/mol. The molecule has 0 saturated heterocycles. The monoisotopic (exact) mass is 272 g/mol. The molecule has 1 aromatic carbocycles. The smallest absolute Gasteiger partial charge is 0.261 e. The van der Waals surface area contributed by atoms with Gasteiger partial charge in [-0.3, -0.25) is 14.5 Å². The summed E-state index contributed by atoms with van der Waals surface area (Å²) in [5.74, 6) is 0.0446. The number of hydrogen-bond acceptors (Lipinski definition) is 3. The summed E-state index contributed by atoms with van der Waals surface area (Å²) >= 11 is 0. The van der Waals surface area contributed by atoms with Crippen molar-refractivity contribution in [3.8, 4) is 0 Å². The summed E-state index contributed by atoms with van der Waals surface area (Å²) in [6, 6.07) is 7.40. The number of amides is 2. The van der Waals surface area contributed by atoms with Crippen molar-refractivity contribution >= 4 is 11.8 Å². The quantitative estimate of drug-likeness (QED) is 0.834. The molecule has 1 aliphatic carbocycles. The lowest BCUT2D eigenvalue weighted by Crippen LogP contribution is -2.53. The molecule has 2 unspecified atom stereocenters. The lowest BCUT2D eigenvalue weighted by molar-refractivity contribution is -0.131. The Morgan fingerprint density at radius 2 is 1.90 bits per heavy atom. The third-order valence-electron chi connectivity index (χ3n) is 4.58. The van der Waals surface area contributed by atoms with Crippen LogP contribution < -0.4 is 5.73 Å². The van der Waals surface area contributed by atoms with Crippen LogP contribution in [0.15, 0.2) is 24.3 Å². The molecule has 20 heavy (non-hydrogen) atoms. The third kappa shape index (κ3) is 2.14. The first kappa shape index (κ1) is 13.3. The molecule has 0 spiro atoms. The Bertz CT molecular complexity index is 541. The fraction of sp³-hybridized carbons (Fsp3) is 0.500. The third-order valence-corrected chi connectivity index (χ3v) is 4.58. The number of carbonyl (C=O) groups excluding carboxylic acids is 2. The zero-order chi connectivity index (χ0) is 14.1. The van der Waals surface area contributed by atoms with E-state index >= 15 is 0 Å². The highest BCUT2D eigenvalue weighted by atomic mass is 16.2. The highest BCUT2D eigenvalue weighted by Crippen LogP contribution is 2.31. The highest BCUT2D eigenvalue weighted by molar-refractivity contribution is 6.10. The van der Waals surface area contributed by atoms with Crippen LogP contribution in [0.25, 0.3) is 0 Å². The first-order valence-electron chi connectivity index (χ1n) is 7.36. The van der Waals surface area contributed by atoms with Crippen LogP contribution in [0.5, 0.6) is 0 Å². The minimum atomic E-state index is -0.137. The van der Waals surface area contributed by atoms with E-state index in [0.717, 1.165) is 31.2 Å². The van der Waals surface area contributed by atoms with Gasteiger partial charge in [0.25, 0.3) is 5.91 Å². The van der Waals surface area contributed by atoms with Gasteiger partial charge in [0, 0.05) is 11.6 Å². The molecule has 0 aromatic heterocycles. The molecule has 2 aliphatic rings. The van der Waals surface area contributed by atoms with Crippen molar-refractivity contribution in [3.63, 3.8) is 0 Å². The zero-order valence-electron chi connectivity index (χ0n) is 11.5. The molecule has 1 heterocycles. The molecule has 1 fully saturated rings. The number of nitrogens with two attached hydrogens (primary N) is 1. The van der Waals surface area contributed by atoms with Crippen LogP contribution >= 0.6 is 0 Å². The van der Waals surface area contributed by atoms with Crippen molar-refractivity contribution in [2.75, 3.05) is 6.54 Å². The summed E-state index contributed by atoms with van der Waals surface area (Å²) in [7, 11) is 0. The maximum Gasteiger partial charge on any atom is 0.261 e. The first-order valence-corrected chi connectivity index (χ1v) is 7.36. The van der Waals surface area contributed by atoms with Crippen molar-refractivity contribution in [2.45, 2.75) is 38.1 Å². The van der Waals surface area contributed by atoms with Crippen molar-refractivity contribution in [1.82, 2.24) is 4.90 Å². The molecule has 2 atom stereocenters. The fourth-order valence-electron chi connectivity index (χ4n) is 3.51. The Balaban J connectivity index is 1.94. The maximum atomic E-state index is 12.7. The summed E-state index contributed by atoms with van der Waals surface area (Å²) in [6.45, 7) is 0.545. The lowest BCUT2D eigenvalue weighted by atomic mass is 9.82. The molecule has 1 aliphatic heterocycles. The van der Waals surface area contributed by atoms with Gasteiger partial charge in [-0.25, -0.2) is 0 Å². The Labute approximate surface area is 118 Å². The first-order chi connectivity index (χ1) is 9.72. The van der Waals surface area contributed by atoms with Crippen molar-refractivity contribution < 1.29 is 9.59 Å². The van der Waals surface area contributed by atoms with Gasteiger partial charge >= 0.3 is 0 Å². The summed E-state index contributed by atoms with van der Waals surface area (Å²) in [4.78, 5) is 26.5. The number of fused-ring (bicyclic) bond motifs is 1. The van der Waals surface area contributed by atoms with Gasteiger partial charge in [-0.15, -0.1) is 0 Å². The molecular formula is C16H20N2O2. The number of nitrogens with zero attached hydrogens (tertiary/aromatic N) is 1. The van der Waals surface area contributed by atoms with Crippen LogP contribution in [0.2, 0.25) is 0 Å². The molecule has 2 amide bonds. The number of benzene rings is 1. The van der Waals surface area contributed by atoms with Crippen LogP contribution in [0.1, 0.15) is 41.6 Å². The van der Waals surface area contributed by atoms with E-state index in [9.17, 15) is 9.59 Å². The molecule has 106 valence electrons. The topological polar surface area (TPSA) is 63.4 Å². The van der Waals surface area contributed by atoms with E-state index in [1.807, 2.05) is 24.3 Å². The largest absolute Gasteiger partial charge is 0.330 e. The van der Waals surface area contributed by atoms with E-state index in [2.05, 4.69) is 0 Å². The van der Waals surface area contributed by atoms with Gasteiger partial charge in [0.15, 0.2) is 0 Å². The fourth-order valence-corrected chi connectivity index (χ4v) is 3.51. The van der Waals surface area contributed by atoms with E-state index in [1.165, 1.54) is 4.90 Å². The molecule has 1 saturated carbocycles. The maximum absolute atomic E-state index is 12.7. The minimum absolute atomic E-state index is 0.0119. The summed E-state index contributed by atoms with van der Waals surface area (Å²) in [5, 5.41) is 0. The van der Waals surface area contributed by atoms with E-state index in [4.69, 9.17) is 5.73 Å². The highest BCUT2D eigenvalue weighted by Gasteiger charge is 2.39. The second kappa shape index (κ2) is 5.37. The van der Waals surface area contributed by atoms with Gasteiger partial charge in [0.2, 0.25) is 5.91 Å². The second-order valence-electron chi connectivity index (χ2n) is 5.75. The predicted octanol–water partition coefficient (Wildman–Crippen LogP) is 1.73. The van der Waals surface area contributed by atoms with Crippen molar-refractivity contribution in [3.05, 3.63) is 35.4 Å². The normalized spacial score (nSPS) is 26.6. The standard InChI is InChI=1S/C16H20N2O2/c17-10-12-6-2-4-8-14(12)18-15(19)9-11-5-1-3-7-13(11)16(18)20/h1,3,5,7,12,14H,2,4,6,8-10,17H2. The number of imide groups is 1. The van der Waals surface area contributed by atoms with Crippen LogP contribution in [0.3, 0.4) is 0 Å². The molecule has 2 N–H and O–H groups in total. The average Bonchev–Trinajstić information content (AvgIpc) is 2.48. The van der Waals surface area contributed by atoms with E-state index in [-0.39, 0.29) is 23.8 Å². The van der Waals surface area contributed by atoms with Crippen LogP contribution in [0, 0.1) is 5.92 Å². The Kier molecular flexibility index (Phi) is 3.57. The Morgan fingerprint density at radius 1 is 1.15 bits per heavy atom. The van der Waals surface area contributed by atoms with Crippen LogP contribution in [-0.2, 0) is 11.2 Å². The molecule has 4 heteroatoms. The molecule has 4 nitrogen and oxygen atoms in total. The summed E-state index contributed by atoms with van der Waals surface area (Å²) < 4.78 is 0. The molecule has 1 aromatic rings. The number of carbonyl (C=O) groups is 2. The van der Waals surface area contributed by atoms with E-state index in [1.54, 1.807) is 0 Å². The molecule has 0 bridgehead atoms.